The van der Waals surface area contributed by atoms with Crippen LogP contribution in [0.2, 0.25) is 0 Å². The van der Waals surface area contributed by atoms with Gasteiger partial charge in [0.15, 0.2) is 0 Å². The Bertz CT molecular complexity index is 358. The number of nitrogens with one attached hydrogen (secondary N) is 1. The SMILES string of the molecule is CNC(C)c1cc(C)c(OC)c(C)c1C. The second-order valence-electron chi connectivity index (χ2n) is 4.08. The van der Waals surface area contributed by atoms with E-state index in [0.717, 1.165) is 5.75 Å². The van der Waals surface area contributed by atoms with Crippen molar-refractivity contribution in [3.8, 4) is 5.75 Å². The molecule has 0 bridgehead atoms. The first-order valence-corrected chi connectivity index (χ1v) is 5.34. The lowest BCUT2D eigenvalue weighted by Gasteiger charge is -2.19. The van der Waals surface area contributed by atoms with E-state index >= 15 is 0 Å². The lowest BCUT2D eigenvalue weighted by Crippen LogP contribution is -2.14. The number of aryl methyl sites for hydroxylation is 1. The molecule has 1 aromatic rings. The first kappa shape index (κ1) is 12.1. The van der Waals surface area contributed by atoms with Crippen LogP contribution < -0.4 is 10.1 Å². The number of benzene rings is 1. The van der Waals surface area contributed by atoms with E-state index in [1.807, 2.05) is 7.05 Å². The highest BCUT2D eigenvalue weighted by atomic mass is 16.5. The Labute approximate surface area is 92.6 Å². The van der Waals surface area contributed by atoms with Gasteiger partial charge in [-0.2, -0.15) is 0 Å². The minimum atomic E-state index is 0.383. The summed E-state index contributed by atoms with van der Waals surface area (Å²) in [6.07, 6.45) is 0. The number of hydrogen-bond donors (Lipinski definition) is 1. The van der Waals surface area contributed by atoms with Gasteiger partial charge in [0.05, 0.1) is 7.11 Å². The Morgan fingerprint density at radius 1 is 1.20 bits per heavy atom. The van der Waals surface area contributed by atoms with Gasteiger partial charge in [-0.25, -0.2) is 0 Å². The van der Waals surface area contributed by atoms with Gasteiger partial charge in [0.1, 0.15) is 5.75 Å². The average molecular weight is 207 g/mol. The van der Waals surface area contributed by atoms with Crippen molar-refractivity contribution in [3.63, 3.8) is 0 Å². The van der Waals surface area contributed by atoms with Crippen LogP contribution in [0, 0.1) is 20.8 Å². The van der Waals surface area contributed by atoms with E-state index in [9.17, 15) is 0 Å². The Morgan fingerprint density at radius 2 is 1.80 bits per heavy atom. The first-order chi connectivity index (χ1) is 7.02. The van der Waals surface area contributed by atoms with Gasteiger partial charge >= 0.3 is 0 Å². The maximum Gasteiger partial charge on any atom is 0.124 e. The fraction of sp³-hybridized carbons (Fsp3) is 0.538. The molecule has 1 N–H and O–H groups in total. The molecule has 0 fully saturated rings. The maximum absolute atomic E-state index is 5.40. The van der Waals surface area contributed by atoms with Crippen LogP contribution in [-0.2, 0) is 0 Å². The molecule has 0 aliphatic heterocycles. The van der Waals surface area contributed by atoms with Gasteiger partial charge in [-0.3, -0.25) is 0 Å². The average Bonchev–Trinajstić information content (AvgIpc) is 2.23. The number of ether oxygens (including phenoxy) is 1. The van der Waals surface area contributed by atoms with E-state index in [1.54, 1.807) is 7.11 Å². The highest BCUT2D eigenvalue weighted by molar-refractivity contribution is 5.49. The molecular formula is C13H21NO. The minimum Gasteiger partial charge on any atom is -0.496 e. The summed E-state index contributed by atoms with van der Waals surface area (Å²) < 4.78 is 5.40. The quantitative estimate of drug-likeness (QED) is 0.823. The van der Waals surface area contributed by atoms with Crippen molar-refractivity contribution in [2.45, 2.75) is 33.7 Å². The molecular weight excluding hydrogens is 186 g/mol. The van der Waals surface area contributed by atoms with Crippen molar-refractivity contribution in [2.24, 2.45) is 0 Å². The lowest BCUT2D eigenvalue weighted by molar-refractivity contribution is 0.407. The van der Waals surface area contributed by atoms with Crippen LogP contribution in [0.5, 0.6) is 5.75 Å². The second kappa shape index (κ2) is 4.67. The summed E-state index contributed by atoms with van der Waals surface area (Å²) in [5.41, 5.74) is 5.12. The topological polar surface area (TPSA) is 21.3 Å². The standard InChI is InChI=1S/C13H21NO/c1-8-7-12(11(4)14-5)9(2)10(3)13(8)15-6/h7,11,14H,1-6H3. The molecule has 0 saturated heterocycles. The Kier molecular flexibility index (Phi) is 3.75. The third-order valence-corrected chi connectivity index (χ3v) is 3.17. The molecule has 0 spiro atoms. The van der Waals surface area contributed by atoms with E-state index < -0.39 is 0 Å². The van der Waals surface area contributed by atoms with E-state index in [4.69, 9.17) is 4.74 Å². The molecule has 1 atom stereocenters. The molecule has 1 aromatic carbocycles. The van der Waals surface area contributed by atoms with Crippen LogP contribution in [0.1, 0.15) is 35.2 Å². The van der Waals surface area contributed by atoms with Crippen molar-refractivity contribution in [1.82, 2.24) is 5.32 Å². The molecule has 0 aliphatic carbocycles. The molecule has 1 rings (SSSR count). The predicted molar refractivity (Wildman–Crippen MR) is 64.7 cm³/mol. The van der Waals surface area contributed by atoms with Crippen molar-refractivity contribution < 1.29 is 4.74 Å². The normalized spacial score (nSPS) is 12.7. The fourth-order valence-electron chi connectivity index (χ4n) is 2.01. The Morgan fingerprint density at radius 3 is 2.27 bits per heavy atom. The molecule has 2 nitrogen and oxygen atoms in total. The van der Waals surface area contributed by atoms with Crippen LogP contribution in [-0.4, -0.2) is 14.2 Å². The van der Waals surface area contributed by atoms with Gasteiger partial charge in [0.2, 0.25) is 0 Å². The number of hydrogen-bond acceptors (Lipinski definition) is 2. The summed E-state index contributed by atoms with van der Waals surface area (Å²) in [6, 6.07) is 2.59. The molecule has 0 aromatic heterocycles. The van der Waals surface area contributed by atoms with E-state index in [-0.39, 0.29) is 0 Å². The first-order valence-electron chi connectivity index (χ1n) is 5.34. The zero-order chi connectivity index (χ0) is 11.6. The van der Waals surface area contributed by atoms with Crippen molar-refractivity contribution in [2.75, 3.05) is 14.2 Å². The van der Waals surface area contributed by atoms with Gasteiger partial charge < -0.3 is 10.1 Å². The van der Waals surface area contributed by atoms with Crippen LogP contribution in [0.15, 0.2) is 6.07 Å². The number of methoxy groups -OCH3 is 1. The molecule has 0 aliphatic rings. The van der Waals surface area contributed by atoms with Gasteiger partial charge in [0, 0.05) is 6.04 Å². The largest absolute Gasteiger partial charge is 0.496 e. The molecule has 84 valence electrons. The minimum absolute atomic E-state index is 0.383. The summed E-state index contributed by atoms with van der Waals surface area (Å²) in [7, 11) is 3.72. The van der Waals surface area contributed by atoms with Crippen LogP contribution >= 0.6 is 0 Å². The maximum atomic E-state index is 5.40. The molecule has 0 amide bonds. The summed E-state index contributed by atoms with van der Waals surface area (Å²) >= 11 is 0. The molecule has 15 heavy (non-hydrogen) atoms. The molecule has 2 heteroatoms. The van der Waals surface area contributed by atoms with Crippen molar-refractivity contribution >= 4 is 0 Å². The zero-order valence-corrected chi connectivity index (χ0v) is 10.6. The number of rotatable bonds is 3. The smallest absolute Gasteiger partial charge is 0.124 e. The highest BCUT2D eigenvalue weighted by Gasteiger charge is 2.13. The van der Waals surface area contributed by atoms with Crippen molar-refractivity contribution in [3.05, 3.63) is 28.3 Å². The van der Waals surface area contributed by atoms with E-state index in [0.29, 0.717) is 6.04 Å². The van der Waals surface area contributed by atoms with Gasteiger partial charge in [0.25, 0.3) is 0 Å². The highest BCUT2D eigenvalue weighted by Crippen LogP contribution is 2.31. The summed E-state index contributed by atoms with van der Waals surface area (Å²) in [4.78, 5) is 0. The monoisotopic (exact) mass is 207 g/mol. The molecule has 1 unspecified atom stereocenters. The third kappa shape index (κ3) is 2.15. The van der Waals surface area contributed by atoms with Crippen molar-refractivity contribution in [1.29, 1.82) is 0 Å². The lowest BCUT2D eigenvalue weighted by atomic mass is 9.94. The van der Waals surface area contributed by atoms with Gasteiger partial charge in [-0.1, -0.05) is 6.07 Å². The summed E-state index contributed by atoms with van der Waals surface area (Å²) in [5, 5.41) is 3.27. The third-order valence-electron chi connectivity index (χ3n) is 3.17. The molecule has 0 radical (unpaired) electrons. The Balaban J connectivity index is 3.33. The van der Waals surface area contributed by atoms with Crippen LogP contribution in [0.3, 0.4) is 0 Å². The zero-order valence-electron chi connectivity index (χ0n) is 10.6. The molecule has 0 saturated carbocycles. The van der Waals surface area contributed by atoms with Crippen LogP contribution in [0.25, 0.3) is 0 Å². The fourth-order valence-corrected chi connectivity index (χ4v) is 2.01. The summed E-state index contributed by atoms with van der Waals surface area (Å²) in [5.74, 6) is 1.01. The van der Waals surface area contributed by atoms with Gasteiger partial charge in [-0.15, -0.1) is 0 Å². The van der Waals surface area contributed by atoms with E-state index in [1.165, 1.54) is 22.3 Å². The summed E-state index contributed by atoms with van der Waals surface area (Å²) in [6.45, 7) is 8.54. The molecule has 0 heterocycles. The second-order valence-corrected chi connectivity index (χ2v) is 4.08. The van der Waals surface area contributed by atoms with Gasteiger partial charge in [-0.05, 0) is 57.0 Å². The Hall–Kier alpha value is -1.02. The predicted octanol–water partition coefficient (Wildman–Crippen LogP) is 2.90. The van der Waals surface area contributed by atoms with Crippen LogP contribution in [0.4, 0.5) is 0 Å². The van der Waals surface area contributed by atoms with E-state index in [2.05, 4.69) is 39.1 Å².